The number of nitrogens with zero attached hydrogens (tertiary/aromatic N) is 1. The average Bonchev–Trinajstić information content (AvgIpc) is 3.00. The maximum Gasteiger partial charge on any atom is 0.264 e. The van der Waals surface area contributed by atoms with Crippen LogP contribution in [0.15, 0.2) is 107 Å². The zero-order valence-electron chi connectivity index (χ0n) is 25.0. The average molecular weight is 617 g/mol. The second-order valence-electron chi connectivity index (χ2n) is 10.9. The highest BCUT2D eigenvalue weighted by Gasteiger charge is 2.27. The van der Waals surface area contributed by atoms with Crippen LogP contribution in [0.5, 0.6) is 5.75 Å². The van der Waals surface area contributed by atoms with Gasteiger partial charge in [-0.2, -0.15) is 0 Å². The number of carbonyl (C=O) groups excluding carboxylic acids is 2. The minimum atomic E-state index is -4.10. The molecule has 0 saturated carbocycles. The fourth-order valence-electron chi connectivity index (χ4n) is 4.42. The number of amides is 1. The van der Waals surface area contributed by atoms with Gasteiger partial charge in [0, 0.05) is 21.7 Å². The van der Waals surface area contributed by atoms with E-state index in [0.717, 1.165) is 14.8 Å². The molecule has 4 aromatic carbocycles. The van der Waals surface area contributed by atoms with Gasteiger partial charge in [-0.05, 0) is 84.8 Å². The molecule has 0 aliphatic heterocycles. The van der Waals surface area contributed by atoms with Crippen molar-refractivity contribution >= 4 is 44.9 Å². The maximum atomic E-state index is 13.8. The molecule has 43 heavy (non-hydrogen) atoms. The molecular formula is C34H36N2O5S2. The Bertz CT molecular complexity index is 1680. The lowest BCUT2D eigenvalue weighted by Crippen LogP contribution is -2.38. The Hall–Kier alpha value is -4.08. The summed E-state index contributed by atoms with van der Waals surface area (Å²) in [4.78, 5) is 27.5. The van der Waals surface area contributed by atoms with Gasteiger partial charge in [-0.15, -0.1) is 11.8 Å². The molecule has 0 saturated heterocycles. The molecule has 0 aromatic heterocycles. The monoisotopic (exact) mass is 616 g/mol. The zero-order valence-corrected chi connectivity index (χ0v) is 26.6. The molecule has 9 heteroatoms. The van der Waals surface area contributed by atoms with Crippen LogP contribution in [0, 0.1) is 0 Å². The standard InChI is InChI=1S/C34H36N2O5S2/c1-6-41-29-16-14-28(15-17-29)36(43(39,40)31-20-18-30(42-5)19-21-31)23-32(37)35-27-9-7-8-25(22-27)33(38)24-10-12-26(13-11-24)34(2,3)4/h7-22H,6,23H2,1-5H3,(H,35,37). The van der Waals surface area contributed by atoms with E-state index in [2.05, 4.69) is 26.1 Å². The van der Waals surface area contributed by atoms with E-state index in [4.69, 9.17) is 4.74 Å². The first-order chi connectivity index (χ1) is 20.4. The number of ketones is 1. The summed E-state index contributed by atoms with van der Waals surface area (Å²) in [5, 5.41) is 2.77. The molecule has 0 fully saturated rings. The molecule has 0 atom stereocenters. The Morgan fingerprint density at radius 2 is 1.51 bits per heavy atom. The predicted octanol–water partition coefficient (Wildman–Crippen LogP) is 7.17. The molecule has 0 radical (unpaired) electrons. The van der Waals surface area contributed by atoms with Crippen LogP contribution in [0.2, 0.25) is 0 Å². The van der Waals surface area contributed by atoms with E-state index in [1.54, 1.807) is 72.8 Å². The van der Waals surface area contributed by atoms with E-state index in [1.165, 1.54) is 23.9 Å². The minimum absolute atomic E-state index is 0.0313. The molecule has 0 bridgehead atoms. The lowest BCUT2D eigenvalue weighted by atomic mass is 9.86. The van der Waals surface area contributed by atoms with Crippen molar-refractivity contribution in [1.29, 1.82) is 0 Å². The number of rotatable bonds is 11. The highest BCUT2D eigenvalue weighted by molar-refractivity contribution is 7.98. The Morgan fingerprint density at radius 3 is 2.09 bits per heavy atom. The number of anilines is 2. The van der Waals surface area contributed by atoms with Gasteiger partial charge in [0.25, 0.3) is 10.0 Å². The van der Waals surface area contributed by atoms with Gasteiger partial charge in [0.05, 0.1) is 17.2 Å². The molecule has 224 valence electrons. The molecule has 0 spiro atoms. The van der Waals surface area contributed by atoms with Crippen molar-refractivity contribution in [3.63, 3.8) is 0 Å². The van der Waals surface area contributed by atoms with E-state index in [9.17, 15) is 18.0 Å². The van der Waals surface area contributed by atoms with Crippen molar-refractivity contribution in [2.75, 3.05) is 29.0 Å². The third-order valence-corrected chi connectivity index (χ3v) is 9.32. The van der Waals surface area contributed by atoms with Crippen molar-refractivity contribution in [1.82, 2.24) is 0 Å². The van der Waals surface area contributed by atoms with Crippen molar-refractivity contribution in [3.05, 3.63) is 114 Å². The summed E-state index contributed by atoms with van der Waals surface area (Å²) >= 11 is 1.50. The molecule has 0 aliphatic carbocycles. The van der Waals surface area contributed by atoms with Crippen molar-refractivity contribution in [2.24, 2.45) is 0 Å². The highest BCUT2D eigenvalue weighted by Crippen LogP contribution is 2.28. The number of nitrogens with one attached hydrogen (secondary N) is 1. The lowest BCUT2D eigenvalue weighted by molar-refractivity contribution is -0.114. The van der Waals surface area contributed by atoms with E-state index in [1.807, 2.05) is 25.3 Å². The number of hydrogen-bond donors (Lipinski definition) is 1. The molecule has 4 aromatic rings. The number of sulfonamides is 1. The first-order valence-electron chi connectivity index (χ1n) is 13.9. The molecular weight excluding hydrogens is 581 g/mol. The first kappa shape index (κ1) is 31.8. The third kappa shape index (κ3) is 7.86. The van der Waals surface area contributed by atoms with E-state index in [0.29, 0.717) is 34.9 Å². The van der Waals surface area contributed by atoms with Crippen LogP contribution in [0.3, 0.4) is 0 Å². The second kappa shape index (κ2) is 13.5. The van der Waals surface area contributed by atoms with Gasteiger partial charge in [0.1, 0.15) is 12.3 Å². The molecule has 4 rings (SSSR count). The summed E-state index contributed by atoms with van der Waals surface area (Å²) < 4.78 is 34.1. The normalized spacial score (nSPS) is 11.6. The lowest BCUT2D eigenvalue weighted by Gasteiger charge is -2.24. The summed E-state index contributed by atoms with van der Waals surface area (Å²) in [7, 11) is -4.10. The summed E-state index contributed by atoms with van der Waals surface area (Å²) in [6.07, 6.45) is 1.91. The molecule has 0 aliphatic rings. The van der Waals surface area contributed by atoms with Crippen LogP contribution in [-0.4, -0.2) is 39.5 Å². The largest absolute Gasteiger partial charge is 0.494 e. The van der Waals surface area contributed by atoms with Gasteiger partial charge in [0.15, 0.2) is 5.78 Å². The van der Waals surface area contributed by atoms with Gasteiger partial charge in [0.2, 0.25) is 5.91 Å². The fraction of sp³-hybridized carbons (Fsp3) is 0.235. The third-order valence-electron chi connectivity index (χ3n) is 6.79. The van der Waals surface area contributed by atoms with Crippen LogP contribution in [0.1, 0.15) is 49.2 Å². The van der Waals surface area contributed by atoms with Gasteiger partial charge < -0.3 is 10.1 Å². The summed E-state index contributed by atoms with van der Waals surface area (Å²) in [5.74, 6) is -0.145. The van der Waals surface area contributed by atoms with E-state index >= 15 is 0 Å². The van der Waals surface area contributed by atoms with Gasteiger partial charge in [-0.1, -0.05) is 57.2 Å². The number of ether oxygens (including phenoxy) is 1. The zero-order chi connectivity index (χ0) is 31.2. The Morgan fingerprint density at radius 1 is 0.860 bits per heavy atom. The number of hydrogen-bond acceptors (Lipinski definition) is 6. The van der Waals surface area contributed by atoms with Crippen LogP contribution in [0.4, 0.5) is 11.4 Å². The number of carbonyl (C=O) groups is 2. The second-order valence-corrected chi connectivity index (χ2v) is 13.6. The minimum Gasteiger partial charge on any atom is -0.494 e. The number of thioether (sulfide) groups is 1. The number of benzene rings is 4. The maximum absolute atomic E-state index is 13.8. The highest BCUT2D eigenvalue weighted by atomic mass is 32.2. The predicted molar refractivity (Wildman–Crippen MR) is 174 cm³/mol. The van der Waals surface area contributed by atoms with Crippen molar-refractivity contribution in [3.8, 4) is 5.75 Å². The van der Waals surface area contributed by atoms with Crippen LogP contribution < -0.4 is 14.4 Å². The Labute approximate surface area is 258 Å². The van der Waals surface area contributed by atoms with Crippen LogP contribution in [0.25, 0.3) is 0 Å². The molecule has 0 heterocycles. The van der Waals surface area contributed by atoms with Crippen LogP contribution >= 0.6 is 11.8 Å². The summed E-state index contributed by atoms with van der Waals surface area (Å²) in [5.41, 5.74) is 2.74. The molecule has 0 unspecified atom stereocenters. The van der Waals surface area contributed by atoms with E-state index < -0.39 is 22.5 Å². The van der Waals surface area contributed by atoms with Crippen molar-refractivity contribution < 1.29 is 22.7 Å². The quantitative estimate of drug-likeness (QED) is 0.142. The van der Waals surface area contributed by atoms with Crippen molar-refractivity contribution in [2.45, 2.75) is 42.9 Å². The molecule has 7 nitrogen and oxygen atoms in total. The Kier molecular flexibility index (Phi) is 9.98. The molecule has 1 amide bonds. The van der Waals surface area contributed by atoms with E-state index in [-0.39, 0.29) is 16.1 Å². The smallest absolute Gasteiger partial charge is 0.264 e. The molecule has 1 N–H and O–H groups in total. The topological polar surface area (TPSA) is 92.8 Å². The van der Waals surface area contributed by atoms with Gasteiger partial charge in [-0.25, -0.2) is 8.42 Å². The van der Waals surface area contributed by atoms with Gasteiger partial charge in [-0.3, -0.25) is 13.9 Å². The SMILES string of the molecule is CCOc1ccc(N(CC(=O)Nc2cccc(C(=O)c3ccc(C(C)(C)C)cc3)c2)S(=O)(=O)c2ccc(SC)cc2)cc1. The first-order valence-corrected chi connectivity index (χ1v) is 16.5. The fourth-order valence-corrected chi connectivity index (χ4v) is 6.25. The summed E-state index contributed by atoms with van der Waals surface area (Å²) in [6, 6.07) is 27.2. The summed E-state index contributed by atoms with van der Waals surface area (Å²) in [6.45, 7) is 8.18. The van der Waals surface area contributed by atoms with Gasteiger partial charge >= 0.3 is 0 Å². The Balaban J connectivity index is 1.57. The van der Waals surface area contributed by atoms with Crippen LogP contribution in [-0.2, 0) is 20.2 Å².